The van der Waals surface area contributed by atoms with Crippen molar-refractivity contribution in [3.05, 3.63) is 59.4 Å². The molecule has 0 spiro atoms. The monoisotopic (exact) mass is 366 g/mol. The van der Waals surface area contributed by atoms with Gasteiger partial charge in [-0.25, -0.2) is 9.29 Å². The number of rotatable bonds is 3. The van der Waals surface area contributed by atoms with Crippen molar-refractivity contribution in [2.75, 3.05) is 10.2 Å². The van der Waals surface area contributed by atoms with Crippen molar-refractivity contribution in [2.45, 2.75) is 25.6 Å². The van der Waals surface area contributed by atoms with E-state index in [2.05, 4.69) is 5.32 Å². The van der Waals surface area contributed by atoms with Crippen LogP contribution < -0.4 is 10.2 Å². The van der Waals surface area contributed by atoms with Crippen LogP contribution in [0.3, 0.4) is 0 Å². The van der Waals surface area contributed by atoms with E-state index in [4.69, 9.17) is 0 Å². The van der Waals surface area contributed by atoms with Crippen molar-refractivity contribution in [3.8, 4) is 0 Å². The van der Waals surface area contributed by atoms with E-state index in [0.717, 1.165) is 23.1 Å². The summed E-state index contributed by atoms with van der Waals surface area (Å²) in [6.07, 6.45) is -4.82. The molecule has 1 N–H and O–H groups in total. The molecule has 0 radical (unpaired) electrons. The predicted octanol–water partition coefficient (Wildman–Crippen LogP) is 3.90. The summed E-state index contributed by atoms with van der Waals surface area (Å²) in [5.74, 6) is -1.78. The summed E-state index contributed by atoms with van der Waals surface area (Å²) in [6, 6.07) is 7.31. The van der Waals surface area contributed by atoms with Gasteiger partial charge < -0.3 is 5.32 Å². The second-order valence-corrected chi connectivity index (χ2v) is 5.98. The van der Waals surface area contributed by atoms with E-state index in [9.17, 15) is 27.2 Å². The van der Waals surface area contributed by atoms with Crippen molar-refractivity contribution in [1.82, 2.24) is 0 Å². The Morgan fingerprint density at radius 2 is 1.85 bits per heavy atom. The van der Waals surface area contributed by atoms with Gasteiger partial charge in [0.15, 0.2) is 0 Å². The van der Waals surface area contributed by atoms with Gasteiger partial charge in [0.1, 0.15) is 11.9 Å². The van der Waals surface area contributed by atoms with Crippen molar-refractivity contribution in [2.24, 2.45) is 0 Å². The van der Waals surface area contributed by atoms with Gasteiger partial charge in [-0.3, -0.25) is 9.59 Å². The second kappa shape index (κ2) is 6.44. The Hall–Kier alpha value is -2.90. The lowest BCUT2D eigenvalue weighted by atomic mass is 10.1. The van der Waals surface area contributed by atoms with Crippen LogP contribution in [0.2, 0.25) is 0 Å². The Bertz CT molecular complexity index is 880. The molecule has 3 rings (SSSR count). The lowest BCUT2D eigenvalue weighted by molar-refractivity contribution is -0.137. The number of alkyl halides is 3. The normalized spacial score (nSPS) is 17.7. The number of hydrogen-bond donors (Lipinski definition) is 1. The van der Waals surface area contributed by atoms with Gasteiger partial charge in [0, 0.05) is 5.69 Å². The van der Waals surface area contributed by atoms with Crippen LogP contribution in [0.25, 0.3) is 0 Å². The molecule has 4 nitrogen and oxygen atoms in total. The Balaban J connectivity index is 1.84. The second-order valence-electron chi connectivity index (χ2n) is 5.98. The van der Waals surface area contributed by atoms with Crippen molar-refractivity contribution in [3.63, 3.8) is 0 Å². The Kier molecular flexibility index (Phi) is 4.43. The highest BCUT2D eigenvalue weighted by atomic mass is 19.4. The Labute approximate surface area is 146 Å². The summed E-state index contributed by atoms with van der Waals surface area (Å²) >= 11 is 0. The minimum atomic E-state index is -4.58. The number of anilines is 2. The van der Waals surface area contributed by atoms with E-state index in [1.165, 1.54) is 18.2 Å². The van der Waals surface area contributed by atoms with Crippen LogP contribution in [0.4, 0.5) is 28.9 Å². The number of aryl methyl sites for hydroxylation is 1. The molecule has 0 aromatic heterocycles. The molecular weight excluding hydrogens is 352 g/mol. The van der Waals surface area contributed by atoms with Gasteiger partial charge in [0.05, 0.1) is 17.7 Å². The smallest absolute Gasteiger partial charge is 0.373 e. The average molecular weight is 366 g/mol. The zero-order chi connectivity index (χ0) is 19.1. The van der Waals surface area contributed by atoms with Gasteiger partial charge >= 0.3 is 6.18 Å². The quantitative estimate of drug-likeness (QED) is 0.662. The molecule has 8 heteroatoms. The highest BCUT2D eigenvalue weighted by molar-refractivity contribution is 6.23. The first-order valence-electron chi connectivity index (χ1n) is 7.73. The number of hydrogen-bond acceptors (Lipinski definition) is 3. The third-order valence-electron chi connectivity index (χ3n) is 4.09. The van der Waals surface area contributed by atoms with Gasteiger partial charge in [-0.1, -0.05) is 12.1 Å². The third-order valence-corrected chi connectivity index (χ3v) is 4.09. The summed E-state index contributed by atoms with van der Waals surface area (Å²) in [6.45, 7) is 1.58. The van der Waals surface area contributed by atoms with Crippen LogP contribution in [0.1, 0.15) is 17.5 Å². The van der Waals surface area contributed by atoms with E-state index in [-0.39, 0.29) is 12.1 Å². The first kappa shape index (κ1) is 17.9. The van der Waals surface area contributed by atoms with E-state index in [1.807, 2.05) is 0 Å². The standard InChI is InChI=1S/C18H14F4N2O2/c1-10-5-6-12(8-14(10)19)23-15-9-16(25)24(17(15)26)13-4-2-3-11(7-13)18(20,21)22/h2-8,15,23H,9H2,1H3. The summed E-state index contributed by atoms with van der Waals surface area (Å²) in [5.41, 5.74) is -0.359. The molecule has 0 aliphatic carbocycles. The van der Waals surface area contributed by atoms with Crippen LogP contribution in [0.15, 0.2) is 42.5 Å². The molecule has 2 amide bonds. The molecule has 1 unspecified atom stereocenters. The summed E-state index contributed by atoms with van der Waals surface area (Å²) < 4.78 is 52.2. The highest BCUT2D eigenvalue weighted by Gasteiger charge is 2.40. The fourth-order valence-corrected chi connectivity index (χ4v) is 2.72. The molecule has 26 heavy (non-hydrogen) atoms. The fourth-order valence-electron chi connectivity index (χ4n) is 2.72. The number of benzene rings is 2. The zero-order valence-electron chi connectivity index (χ0n) is 13.6. The van der Waals surface area contributed by atoms with E-state index >= 15 is 0 Å². The van der Waals surface area contributed by atoms with Gasteiger partial charge in [0.2, 0.25) is 5.91 Å². The van der Waals surface area contributed by atoms with E-state index in [1.54, 1.807) is 13.0 Å². The zero-order valence-corrected chi connectivity index (χ0v) is 13.6. The largest absolute Gasteiger partial charge is 0.416 e. The topological polar surface area (TPSA) is 49.4 Å². The van der Waals surface area contributed by atoms with Gasteiger partial charge in [-0.15, -0.1) is 0 Å². The van der Waals surface area contributed by atoms with Crippen molar-refractivity contribution in [1.29, 1.82) is 0 Å². The third kappa shape index (κ3) is 3.40. The molecule has 1 heterocycles. The maximum Gasteiger partial charge on any atom is 0.416 e. The number of halogens is 4. The van der Waals surface area contributed by atoms with Crippen molar-refractivity contribution < 1.29 is 27.2 Å². The van der Waals surface area contributed by atoms with Gasteiger partial charge in [0.25, 0.3) is 5.91 Å². The van der Waals surface area contributed by atoms with E-state index in [0.29, 0.717) is 11.3 Å². The lowest BCUT2D eigenvalue weighted by Gasteiger charge is -2.17. The van der Waals surface area contributed by atoms with E-state index < -0.39 is 35.4 Å². The average Bonchev–Trinajstić information content (AvgIpc) is 2.84. The molecule has 1 aliphatic rings. The number of carbonyl (C=O) groups is 2. The summed E-state index contributed by atoms with van der Waals surface area (Å²) in [4.78, 5) is 25.4. The minimum absolute atomic E-state index is 0.144. The number of imide groups is 1. The SMILES string of the molecule is Cc1ccc(NC2CC(=O)N(c3cccc(C(F)(F)F)c3)C2=O)cc1F. The summed E-state index contributed by atoms with van der Waals surface area (Å²) in [5, 5.41) is 2.76. The van der Waals surface area contributed by atoms with Crippen LogP contribution in [-0.4, -0.2) is 17.9 Å². The maximum atomic E-state index is 13.6. The Morgan fingerprint density at radius 3 is 2.50 bits per heavy atom. The first-order chi connectivity index (χ1) is 12.2. The number of amides is 2. The summed E-state index contributed by atoms with van der Waals surface area (Å²) in [7, 11) is 0. The highest BCUT2D eigenvalue weighted by Crippen LogP contribution is 2.33. The number of carbonyl (C=O) groups excluding carboxylic acids is 2. The Morgan fingerprint density at radius 1 is 1.12 bits per heavy atom. The van der Waals surface area contributed by atoms with Crippen LogP contribution in [-0.2, 0) is 15.8 Å². The van der Waals surface area contributed by atoms with Gasteiger partial charge in [-0.2, -0.15) is 13.2 Å². The molecule has 1 fully saturated rings. The van der Waals surface area contributed by atoms with Crippen LogP contribution in [0.5, 0.6) is 0 Å². The predicted molar refractivity (Wildman–Crippen MR) is 87.1 cm³/mol. The fraction of sp³-hybridized carbons (Fsp3) is 0.222. The van der Waals surface area contributed by atoms with Crippen molar-refractivity contribution >= 4 is 23.2 Å². The molecule has 2 aromatic carbocycles. The molecule has 0 bridgehead atoms. The molecule has 0 saturated carbocycles. The number of nitrogens with one attached hydrogen (secondary N) is 1. The lowest BCUT2D eigenvalue weighted by Crippen LogP contribution is -2.35. The molecule has 1 atom stereocenters. The molecule has 1 aliphatic heterocycles. The minimum Gasteiger partial charge on any atom is -0.373 e. The first-order valence-corrected chi connectivity index (χ1v) is 7.73. The molecule has 2 aromatic rings. The maximum absolute atomic E-state index is 13.6. The molecular formula is C18H14F4N2O2. The molecule has 1 saturated heterocycles. The molecule has 136 valence electrons. The number of nitrogens with zero attached hydrogens (tertiary/aromatic N) is 1. The van der Waals surface area contributed by atoms with Crippen LogP contribution in [0, 0.1) is 12.7 Å². The van der Waals surface area contributed by atoms with Gasteiger partial charge in [-0.05, 0) is 42.8 Å². The van der Waals surface area contributed by atoms with Crippen LogP contribution >= 0.6 is 0 Å².